The van der Waals surface area contributed by atoms with Crippen LogP contribution in [0.3, 0.4) is 0 Å². The minimum absolute atomic E-state index is 0.649. The number of nitrogens with zero attached hydrogens (tertiary/aromatic N) is 2. The normalized spacial score (nSPS) is 15.7. The van der Waals surface area contributed by atoms with E-state index >= 15 is 0 Å². The Labute approximate surface area is 136 Å². The molecule has 1 aliphatic rings. The first kappa shape index (κ1) is 15.1. The Kier molecular flexibility index (Phi) is 5.08. The largest absolute Gasteiger partial charge is 0.467 e. The molecule has 0 unspecified atom stereocenters. The molecule has 4 nitrogen and oxygen atoms in total. The number of piperazine rings is 1. The molecule has 0 bridgehead atoms. The molecule has 1 saturated heterocycles. The number of nitrogens with one attached hydrogen (secondary N) is 1. The van der Waals surface area contributed by atoms with Crippen LogP contribution in [0.2, 0.25) is 0 Å². The molecule has 0 atom stereocenters. The minimum Gasteiger partial charge on any atom is -0.467 e. The summed E-state index contributed by atoms with van der Waals surface area (Å²) in [5.41, 5.74) is 1.37. The average molecular weight is 315 g/mol. The lowest BCUT2D eigenvalue weighted by molar-refractivity contribution is 0.174. The standard InChI is InChI=1S/C17H21N3OS/c22-17(18-13-16-7-4-12-21-16)20-10-8-19(9-11-20)14-15-5-2-1-3-6-15/h1-7,12H,8-11,13-14H2,(H,18,22). The van der Waals surface area contributed by atoms with Gasteiger partial charge in [0, 0.05) is 32.7 Å². The van der Waals surface area contributed by atoms with E-state index < -0.39 is 0 Å². The van der Waals surface area contributed by atoms with E-state index in [0.29, 0.717) is 6.54 Å². The molecule has 1 aromatic heterocycles. The van der Waals surface area contributed by atoms with E-state index in [2.05, 4.69) is 45.4 Å². The number of rotatable bonds is 4. The van der Waals surface area contributed by atoms with Gasteiger partial charge in [0.25, 0.3) is 0 Å². The fourth-order valence-electron chi connectivity index (χ4n) is 2.64. The van der Waals surface area contributed by atoms with E-state index in [1.807, 2.05) is 12.1 Å². The number of hydrogen-bond acceptors (Lipinski definition) is 3. The first-order valence-corrected chi connectivity index (χ1v) is 8.03. The lowest BCUT2D eigenvalue weighted by Crippen LogP contribution is -2.51. The predicted molar refractivity (Wildman–Crippen MR) is 91.4 cm³/mol. The van der Waals surface area contributed by atoms with Gasteiger partial charge in [-0.3, -0.25) is 4.90 Å². The minimum atomic E-state index is 0.649. The van der Waals surface area contributed by atoms with E-state index in [0.717, 1.165) is 43.6 Å². The predicted octanol–water partition coefficient (Wildman–Crippen LogP) is 2.47. The molecule has 0 amide bonds. The van der Waals surface area contributed by atoms with Gasteiger partial charge in [0.05, 0.1) is 12.8 Å². The summed E-state index contributed by atoms with van der Waals surface area (Å²) >= 11 is 5.47. The second kappa shape index (κ2) is 7.42. The van der Waals surface area contributed by atoms with Gasteiger partial charge in [0.2, 0.25) is 0 Å². The molecule has 5 heteroatoms. The van der Waals surface area contributed by atoms with Crippen molar-refractivity contribution in [1.82, 2.24) is 15.1 Å². The van der Waals surface area contributed by atoms with Gasteiger partial charge >= 0.3 is 0 Å². The van der Waals surface area contributed by atoms with Crippen molar-refractivity contribution in [2.45, 2.75) is 13.1 Å². The molecule has 1 aliphatic heterocycles. The summed E-state index contributed by atoms with van der Waals surface area (Å²) in [5, 5.41) is 4.08. The van der Waals surface area contributed by atoms with Crippen LogP contribution in [0.25, 0.3) is 0 Å². The summed E-state index contributed by atoms with van der Waals surface area (Å²) in [7, 11) is 0. The zero-order valence-electron chi connectivity index (χ0n) is 12.6. The third-order valence-corrected chi connectivity index (χ3v) is 4.30. The third kappa shape index (κ3) is 4.08. The molecule has 0 saturated carbocycles. The van der Waals surface area contributed by atoms with Crippen molar-refractivity contribution in [2.75, 3.05) is 26.2 Å². The molecule has 3 rings (SSSR count). The highest BCUT2D eigenvalue weighted by Crippen LogP contribution is 2.09. The van der Waals surface area contributed by atoms with Crippen LogP contribution >= 0.6 is 12.2 Å². The van der Waals surface area contributed by atoms with E-state index in [-0.39, 0.29) is 0 Å². The third-order valence-electron chi connectivity index (χ3n) is 3.90. The second-order valence-corrected chi connectivity index (χ2v) is 5.87. The van der Waals surface area contributed by atoms with E-state index in [1.165, 1.54) is 5.56 Å². The van der Waals surface area contributed by atoms with Gasteiger partial charge in [-0.15, -0.1) is 0 Å². The zero-order valence-corrected chi connectivity index (χ0v) is 13.4. The number of benzene rings is 1. The van der Waals surface area contributed by atoms with Crippen molar-refractivity contribution < 1.29 is 4.42 Å². The van der Waals surface area contributed by atoms with Crippen LogP contribution in [0.4, 0.5) is 0 Å². The number of hydrogen-bond donors (Lipinski definition) is 1. The highest BCUT2D eigenvalue weighted by Gasteiger charge is 2.18. The van der Waals surface area contributed by atoms with Crippen LogP contribution in [0.1, 0.15) is 11.3 Å². The van der Waals surface area contributed by atoms with Crippen molar-refractivity contribution in [3.05, 3.63) is 60.1 Å². The fourth-order valence-corrected chi connectivity index (χ4v) is 2.89. The molecule has 2 heterocycles. The quantitative estimate of drug-likeness (QED) is 0.876. The van der Waals surface area contributed by atoms with Crippen molar-refractivity contribution in [2.24, 2.45) is 0 Å². The molecule has 0 aliphatic carbocycles. The van der Waals surface area contributed by atoms with Crippen LogP contribution < -0.4 is 5.32 Å². The van der Waals surface area contributed by atoms with Crippen LogP contribution in [0.5, 0.6) is 0 Å². The van der Waals surface area contributed by atoms with Gasteiger partial charge in [-0.1, -0.05) is 30.3 Å². The van der Waals surface area contributed by atoms with Crippen LogP contribution in [0, 0.1) is 0 Å². The maximum absolute atomic E-state index is 5.47. The van der Waals surface area contributed by atoms with Crippen molar-refractivity contribution >= 4 is 17.3 Å². The number of furan rings is 1. The molecule has 1 fully saturated rings. The van der Waals surface area contributed by atoms with Crippen molar-refractivity contribution in [3.63, 3.8) is 0 Å². The van der Waals surface area contributed by atoms with E-state index in [9.17, 15) is 0 Å². The Bertz CT molecular complexity index is 577. The smallest absolute Gasteiger partial charge is 0.169 e. The fraction of sp³-hybridized carbons (Fsp3) is 0.353. The summed E-state index contributed by atoms with van der Waals surface area (Å²) in [6.45, 7) is 5.68. The van der Waals surface area contributed by atoms with Crippen LogP contribution in [0.15, 0.2) is 53.1 Å². The topological polar surface area (TPSA) is 31.7 Å². The Morgan fingerprint density at radius 2 is 1.82 bits per heavy atom. The Morgan fingerprint density at radius 3 is 2.50 bits per heavy atom. The Balaban J connectivity index is 1.42. The van der Waals surface area contributed by atoms with Crippen LogP contribution in [-0.2, 0) is 13.1 Å². The van der Waals surface area contributed by atoms with Gasteiger partial charge in [-0.25, -0.2) is 0 Å². The lowest BCUT2D eigenvalue weighted by Gasteiger charge is -2.36. The molecule has 116 valence electrons. The first-order valence-electron chi connectivity index (χ1n) is 7.63. The molecule has 1 N–H and O–H groups in total. The summed E-state index contributed by atoms with van der Waals surface area (Å²) in [5.74, 6) is 0.907. The lowest BCUT2D eigenvalue weighted by atomic mass is 10.2. The van der Waals surface area contributed by atoms with Gasteiger partial charge in [-0.05, 0) is 29.9 Å². The molecule has 0 spiro atoms. The summed E-state index contributed by atoms with van der Waals surface area (Å²) in [4.78, 5) is 4.71. The highest BCUT2D eigenvalue weighted by atomic mass is 32.1. The highest BCUT2D eigenvalue weighted by molar-refractivity contribution is 7.80. The zero-order chi connectivity index (χ0) is 15.2. The Hall–Kier alpha value is -1.85. The van der Waals surface area contributed by atoms with E-state index in [4.69, 9.17) is 16.6 Å². The molecule has 22 heavy (non-hydrogen) atoms. The maximum atomic E-state index is 5.47. The molecular formula is C17H21N3OS. The number of thiocarbonyl (C=S) groups is 1. The molecule has 1 aromatic carbocycles. The van der Waals surface area contributed by atoms with Gasteiger partial charge in [-0.2, -0.15) is 0 Å². The molecular weight excluding hydrogens is 294 g/mol. The van der Waals surface area contributed by atoms with Crippen LogP contribution in [-0.4, -0.2) is 41.1 Å². The summed E-state index contributed by atoms with van der Waals surface area (Å²) in [6.07, 6.45) is 1.68. The molecule has 0 radical (unpaired) electrons. The van der Waals surface area contributed by atoms with Crippen molar-refractivity contribution in [3.8, 4) is 0 Å². The Morgan fingerprint density at radius 1 is 1.05 bits per heavy atom. The van der Waals surface area contributed by atoms with Crippen molar-refractivity contribution in [1.29, 1.82) is 0 Å². The van der Waals surface area contributed by atoms with Gasteiger partial charge in [0.1, 0.15) is 5.76 Å². The molecule has 2 aromatic rings. The monoisotopic (exact) mass is 315 g/mol. The first-order chi connectivity index (χ1) is 10.8. The summed E-state index contributed by atoms with van der Waals surface area (Å²) < 4.78 is 5.31. The van der Waals surface area contributed by atoms with Gasteiger partial charge < -0.3 is 14.6 Å². The maximum Gasteiger partial charge on any atom is 0.169 e. The van der Waals surface area contributed by atoms with E-state index in [1.54, 1.807) is 6.26 Å². The average Bonchev–Trinajstić information content (AvgIpc) is 3.08. The summed E-state index contributed by atoms with van der Waals surface area (Å²) in [6, 6.07) is 14.5. The second-order valence-electron chi connectivity index (χ2n) is 5.49. The SMILES string of the molecule is S=C(NCc1ccco1)N1CCN(Cc2ccccc2)CC1. The van der Waals surface area contributed by atoms with Gasteiger partial charge in [0.15, 0.2) is 5.11 Å².